The summed E-state index contributed by atoms with van der Waals surface area (Å²) in [4.78, 5) is 0. The summed E-state index contributed by atoms with van der Waals surface area (Å²) in [6.07, 6.45) is 3.86. The maximum absolute atomic E-state index is 11.0. The van der Waals surface area contributed by atoms with Gasteiger partial charge in [-0.1, -0.05) is 0 Å². The molecule has 3 rings (SSSR count). The average Bonchev–Trinajstić information content (AvgIpc) is 2.77. The van der Waals surface area contributed by atoms with Crippen LogP contribution in [0.15, 0.2) is 18.2 Å². The second-order valence-corrected chi connectivity index (χ2v) is 7.03. The maximum atomic E-state index is 11.0. The average molecular weight is 275 g/mol. The predicted molar refractivity (Wildman–Crippen MR) is 75.2 cm³/mol. The first kappa shape index (κ1) is 12.8. The van der Waals surface area contributed by atoms with Gasteiger partial charge in [0, 0.05) is 16.1 Å². The molecule has 0 spiro atoms. The molecule has 1 N–H and O–H groups in total. The van der Waals surface area contributed by atoms with Crippen LogP contribution in [-0.4, -0.2) is 22.7 Å². The molecule has 2 aliphatic rings. The summed E-state index contributed by atoms with van der Waals surface area (Å²) in [5.74, 6) is 0.702. The van der Waals surface area contributed by atoms with Gasteiger partial charge in [0.1, 0.15) is 5.75 Å². The van der Waals surface area contributed by atoms with Gasteiger partial charge in [-0.15, -0.1) is 0 Å². The zero-order valence-corrected chi connectivity index (χ0v) is 11.7. The molecule has 0 aliphatic carbocycles. The normalized spacial score (nSPS) is 32.9. The summed E-state index contributed by atoms with van der Waals surface area (Å²) >= 11 is 2.00. The Bertz CT molecular complexity index is 525. The molecule has 1 aromatic carbocycles. The van der Waals surface area contributed by atoms with Crippen molar-refractivity contribution in [3.05, 3.63) is 29.3 Å². The largest absolute Gasteiger partial charge is 0.497 e. The molecule has 0 radical (unpaired) electrons. The van der Waals surface area contributed by atoms with Crippen molar-refractivity contribution in [3.8, 4) is 11.8 Å². The highest BCUT2D eigenvalue weighted by atomic mass is 32.2. The van der Waals surface area contributed by atoms with Crippen molar-refractivity contribution in [1.29, 1.82) is 5.26 Å². The number of aliphatic hydroxyl groups is 1. The monoisotopic (exact) mass is 275 g/mol. The number of nitriles is 1. The van der Waals surface area contributed by atoms with Crippen molar-refractivity contribution in [2.45, 2.75) is 41.8 Å². The first-order valence-electron chi connectivity index (χ1n) is 6.61. The SMILES string of the molecule is COc1ccc(C#N)c(C2(O)CC3CCC(C2)S3)c1. The van der Waals surface area contributed by atoms with Gasteiger partial charge in [-0.2, -0.15) is 17.0 Å². The molecule has 2 fully saturated rings. The van der Waals surface area contributed by atoms with E-state index >= 15 is 0 Å². The first-order valence-corrected chi connectivity index (χ1v) is 7.55. The van der Waals surface area contributed by atoms with Crippen molar-refractivity contribution in [1.82, 2.24) is 0 Å². The minimum absolute atomic E-state index is 0.529. The third kappa shape index (κ3) is 2.22. The number of fused-ring (bicyclic) bond motifs is 2. The predicted octanol–water partition coefficient (Wildman–Crippen LogP) is 2.81. The third-order valence-corrected chi connectivity index (χ3v) is 5.75. The highest BCUT2D eigenvalue weighted by Crippen LogP contribution is 2.51. The van der Waals surface area contributed by atoms with Gasteiger partial charge in [-0.3, -0.25) is 0 Å². The lowest BCUT2D eigenvalue weighted by Gasteiger charge is -2.37. The van der Waals surface area contributed by atoms with E-state index in [0.29, 0.717) is 21.8 Å². The smallest absolute Gasteiger partial charge is 0.119 e. The van der Waals surface area contributed by atoms with Gasteiger partial charge < -0.3 is 9.84 Å². The van der Waals surface area contributed by atoms with Crippen molar-refractivity contribution in [2.24, 2.45) is 0 Å². The van der Waals surface area contributed by atoms with Crippen LogP contribution in [0.1, 0.15) is 36.8 Å². The molecule has 2 saturated heterocycles. The van der Waals surface area contributed by atoms with Crippen LogP contribution in [0.5, 0.6) is 5.75 Å². The van der Waals surface area contributed by atoms with Crippen LogP contribution >= 0.6 is 11.8 Å². The Kier molecular flexibility index (Phi) is 3.20. The van der Waals surface area contributed by atoms with Crippen LogP contribution < -0.4 is 4.74 Å². The number of hydrogen-bond acceptors (Lipinski definition) is 4. The molecule has 1 aromatic rings. The summed E-state index contributed by atoms with van der Waals surface area (Å²) in [6, 6.07) is 7.55. The molecule has 2 atom stereocenters. The lowest BCUT2D eigenvalue weighted by atomic mass is 9.83. The van der Waals surface area contributed by atoms with Crippen molar-refractivity contribution < 1.29 is 9.84 Å². The maximum Gasteiger partial charge on any atom is 0.119 e. The lowest BCUT2D eigenvalue weighted by Crippen LogP contribution is -2.35. The van der Waals surface area contributed by atoms with E-state index in [4.69, 9.17) is 4.74 Å². The second-order valence-electron chi connectivity index (χ2n) is 5.42. The minimum Gasteiger partial charge on any atom is -0.497 e. The quantitative estimate of drug-likeness (QED) is 0.901. The highest BCUT2D eigenvalue weighted by molar-refractivity contribution is 8.00. The molecule has 4 heteroatoms. The van der Waals surface area contributed by atoms with Crippen LogP contribution in [-0.2, 0) is 5.60 Å². The Hall–Kier alpha value is -1.18. The van der Waals surface area contributed by atoms with E-state index in [1.807, 2.05) is 17.8 Å². The Morgan fingerprint density at radius 3 is 2.63 bits per heavy atom. The molecular weight excluding hydrogens is 258 g/mol. The van der Waals surface area contributed by atoms with Gasteiger partial charge in [-0.25, -0.2) is 0 Å². The van der Waals surface area contributed by atoms with E-state index < -0.39 is 5.60 Å². The molecule has 2 aliphatic heterocycles. The van der Waals surface area contributed by atoms with E-state index in [9.17, 15) is 10.4 Å². The number of ether oxygens (including phenoxy) is 1. The summed E-state index contributed by atoms with van der Waals surface area (Å²) in [5, 5.41) is 21.4. The molecule has 19 heavy (non-hydrogen) atoms. The fourth-order valence-corrected chi connectivity index (χ4v) is 5.10. The third-order valence-electron chi connectivity index (χ3n) is 4.17. The van der Waals surface area contributed by atoms with Crippen molar-refractivity contribution in [2.75, 3.05) is 7.11 Å². The molecule has 0 saturated carbocycles. The molecular formula is C15H17NO2S. The van der Waals surface area contributed by atoms with Crippen molar-refractivity contribution >= 4 is 11.8 Å². The highest BCUT2D eigenvalue weighted by Gasteiger charge is 2.45. The summed E-state index contributed by atoms with van der Waals surface area (Å²) < 4.78 is 5.23. The van der Waals surface area contributed by atoms with E-state index in [1.165, 1.54) is 12.8 Å². The number of nitrogens with zero attached hydrogens (tertiary/aromatic N) is 1. The van der Waals surface area contributed by atoms with Crippen molar-refractivity contribution in [3.63, 3.8) is 0 Å². The number of hydrogen-bond donors (Lipinski definition) is 1. The number of methoxy groups -OCH3 is 1. The number of benzene rings is 1. The summed E-state index contributed by atoms with van der Waals surface area (Å²) in [7, 11) is 1.61. The zero-order chi connectivity index (χ0) is 13.5. The van der Waals surface area contributed by atoms with Crippen LogP contribution in [0.3, 0.4) is 0 Å². The molecule has 0 amide bonds. The van der Waals surface area contributed by atoms with Gasteiger partial charge in [0.2, 0.25) is 0 Å². The molecule has 2 heterocycles. The molecule has 100 valence electrons. The van der Waals surface area contributed by atoms with Crippen LogP contribution in [0.25, 0.3) is 0 Å². The second kappa shape index (κ2) is 4.73. The molecule has 3 nitrogen and oxygen atoms in total. The topological polar surface area (TPSA) is 53.2 Å². The van der Waals surface area contributed by atoms with Crippen LogP contribution in [0.2, 0.25) is 0 Å². The van der Waals surface area contributed by atoms with Gasteiger partial charge in [0.05, 0.1) is 24.3 Å². The van der Waals surface area contributed by atoms with Gasteiger partial charge >= 0.3 is 0 Å². The van der Waals surface area contributed by atoms with E-state index in [1.54, 1.807) is 19.2 Å². The summed E-state index contributed by atoms with van der Waals surface area (Å²) in [5.41, 5.74) is 0.442. The molecule has 2 unspecified atom stereocenters. The number of rotatable bonds is 2. The Balaban J connectivity index is 2.03. The fourth-order valence-electron chi connectivity index (χ4n) is 3.27. The fraction of sp³-hybridized carbons (Fsp3) is 0.533. The zero-order valence-electron chi connectivity index (χ0n) is 10.9. The van der Waals surface area contributed by atoms with Gasteiger partial charge in [0.15, 0.2) is 0 Å². The van der Waals surface area contributed by atoms with E-state index in [-0.39, 0.29) is 0 Å². The first-order chi connectivity index (χ1) is 9.14. The summed E-state index contributed by atoms with van der Waals surface area (Å²) in [6.45, 7) is 0. The van der Waals surface area contributed by atoms with Crippen LogP contribution in [0, 0.1) is 11.3 Å². The minimum atomic E-state index is -0.864. The Labute approximate surface area is 117 Å². The number of thioether (sulfide) groups is 1. The van der Waals surface area contributed by atoms with Gasteiger partial charge in [0.25, 0.3) is 0 Å². The Morgan fingerprint density at radius 1 is 1.37 bits per heavy atom. The van der Waals surface area contributed by atoms with E-state index in [2.05, 4.69) is 6.07 Å². The van der Waals surface area contributed by atoms with E-state index in [0.717, 1.165) is 18.4 Å². The van der Waals surface area contributed by atoms with Crippen LogP contribution in [0.4, 0.5) is 0 Å². The molecule has 0 aromatic heterocycles. The lowest BCUT2D eigenvalue weighted by molar-refractivity contribution is 0.0192. The molecule has 2 bridgehead atoms. The standard InChI is InChI=1S/C15H17NO2S/c1-18-11-3-2-10(9-16)14(6-11)15(17)7-12-4-5-13(8-15)19-12/h2-3,6,12-13,17H,4-5,7-8H2,1H3. The van der Waals surface area contributed by atoms with Gasteiger partial charge in [-0.05, 0) is 43.9 Å². The Morgan fingerprint density at radius 2 is 2.05 bits per heavy atom.